The second-order valence-electron chi connectivity index (χ2n) is 6.10. The molecule has 2 heterocycles. The fourth-order valence-electron chi connectivity index (χ4n) is 2.76. The quantitative estimate of drug-likeness (QED) is 0.703. The Bertz CT molecular complexity index is 972. The third kappa shape index (κ3) is 3.98. The average Bonchev–Trinajstić information content (AvgIpc) is 2.75. The number of nitrogens with one attached hydrogen (secondary N) is 2. The fourth-order valence-corrected chi connectivity index (χ4v) is 2.76. The van der Waals surface area contributed by atoms with Gasteiger partial charge in [0.15, 0.2) is 11.5 Å². The molecule has 0 fully saturated rings. The Kier molecular flexibility index (Phi) is 4.97. The molecule has 0 unspecified atom stereocenters. The van der Waals surface area contributed by atoms with Crippen molar-refractivity contribution in [3.8, 4) is 17.2 Å². The summed E-state index contributed by atoms with van der Waals surface area (Å²) in [6, 6.07) is 16.3. The molecule has 2 aromatic carbocycles. The van der Waals surface area contributed by atoms with Gasteiger partial charge in [-0.05, 0) is 48.5 Å². The number of anilines is 3. The maximum Gasteiger partial charge on any atom is 0.274 e. The third-order valence-corrected chi connectivity index (χ3v) is 4.17. The second-order valence-corrected chi connectivity index (χ2v) is 6.10. The summed E-state index contributed by atoms with van der Waals surface area (Å²) in [5, 5.41) is 6.04. The Hall–Kier alpha value is -3.74. The van der Waals surface area contributed by atoms with E-state index < -0.39 is 0 Å². The van der Waals surface area contributed by atoms with Gasteiger partial charge in [0.2, 0.25) is 0 Å². The van der Waals surface area contributed by atoms with E-state index in [9.17, 15) is 4.79 Å². The van der Waals surface area contributed by atoms with Crippen LogP contribution in [0.5, 0.6) is 17.2 Å². The fraction of sp³-hybridized carbons (Fsp3) is 0.143. The van der Waals surface area contributed by atoms with Crippen LogP contribution in [0.4, 0.5) is 17.1 Å². The van der Waals surface area contributed by atoms with Crippen molar-refractivity contribution in [2.75, 3.05) is 31.0 Å². The highest BCUT2D eigenvalue weighted by Gasteiger charge is 2.14. The van der Waals surface area contributed by atoms with Crippen LogP contribution >= 0.6 is 0 Å². The van der Waals surface area contributed by atoms with Crippen LogP contribution < -0.4 is 24.8 Å². The summed E-state index contributed by atoms with van der Waals surface area (Å²) in [5.41, 5.74) is 2.61. The van der Waals surface area contributed by atoms with Crippen LogP contribution in [0.1, 0.15) is 10.5 Å². The number of rotatable bonds is 5. The lowest BCUT2D eigenvalue weighted by atomic mass is 10.2. The van der Waals surface area contributed by atoms with Crippen LogP contribution in [0.3, 0.4) is 0 Å². The zero-order valence-electron chi connectivity index (χ0n) is 15.3. The monoisotopic (exact) mass is 377 g/mol. The van der Waals surface area contributed by atoms with Crippen molar-refractivity contribution in [2.24, 2.45) is 0 Å². The summed E-state index contributed by atoms with van der Waals surface area (Å²) in [6.45, 7) is 1.02. The Morgan fingerprint density at radius 2 is 1.64 bits per heavy atom. The van der Waals surface area contributed by atoms with E-state index in [1.807, 2.05) is 24.3 Å². The van der Waals surface area contributed by atoms with Crippen molar-refractivity contribution in [2.45, 2.75) is 0 Å². The Morgan fingerprint density at radius 3 is 2.36 bits per heavy atom. The number of pyridine rings is 1. The highest BCUT2D eigenvalue weighted by molar-refractivity contribution is 6.03. The first-order valence-electron chi connectivity index (χ1n) is 8.79. The topological polar surface area (TPSA) is 81.7 Å². The van der Waals surface area contributed by atoms with Crippen LogP contribution in [0.25, 0.3) is 0 Å². The van der Waals surface area contributed by atoms with E-state index in [-0.39, 0.29) is 5.91 Å². The van der Waals surface area contributed by atoms with Gasteiger partial charge in [0, 0.05) is 17.4 Å². The first-order valence-corrected chi connectivity index (χ1v) is 8.79. The smallest absolute Gasteiger partial charge is 0.274 e. The highest BCUT2D eigenvalue weighted by Crippen LogP contribution is 2.32. The molecule has 28 heavy (non-hydrogen) atoms. The highest BCUT2D eigenvalue weighted by atomic mass is 16.6. The predicted molar refractivity (Wildman–Crippen MR) is 106 cm³/mol. The summed E-state index contributed by atoms with van der Waals surface area (Å²) in [7, 11) is 1.63. The average molecular weight is 377 g/mol. The van der Waals surface area contributed by atoms with Crippen molar-refractivity contribution >= 4 is 23.0 Å². The molecule has 1 aromatic heterocycles. The number of benzene rings is 2. The summed E-state index contributed by atoms with van der Waals surface area (Å²) in [4.78, 5) is 16.7. The van der Waals surface area contributed by atoms with Crippen LogP contribution in [0, 0.1) is 0 Å². The van der Waals surface area contributed by atoms with Crippen molar-refractivity contribution in [1.29, 1.82) is 0 Å². The minimum Gasteiger partial charge on any atom is -0.497 e. The van der Waals surface area contributed by atoms with Gasteiger partial charge in [-0.3, -0.25) is 4.79 Å². The molecule has 0 saturated heterocycles. The Balaban J connectivity index is 1.40. The van der Waals surface area contributed by atoms with Gasteiger partial charge in [-0.1, -0.05) is 0 Å². The molecular formula is C21H19N3O4. The molecule has 0 bridgehead atoms. The number of methoxy groups -OCH3 is 1. The van der Waals surface area contributed by atoms with E-state index in [0.717, 1.165) is 17.1 Å². The molecule has 2 N–H and O–H groups in total. The molecular weight excluding hydrogens is 358 g/mol. The second kappa shape index (κ2) is 7.87. The molecule has 0 aliphatic carbocycles. The molecule has 0 atom stereocenters. The van der Waals surface area contributed by atoms with E-state index >= 15 is 0 Å². The van der Waals surface area contributed by atoms with Crippen LogP contribution in [0.15, 0.2) is 60.8 Å². The van der Waals surface area contributed by atoms with E-state index in [2.05, 4.69) is 15.6 Å². The predicted octanol–water partition coefficient (Wildman–Crippen LogP) is 3.86. The van der Waals surface area contributed by atoms with E-state index in [1.54, 1.807) is 43.6 Å². The molecule has 1 aliphatic heterocycles. The van der Waals surface area contributed by atoms with E-state index in [4.69, 9.17) is 14.2 Å². The van der Waals surface area contributed by atoms with Gasteiger partial charge in [0.05, 0.1) is 19.0 Å². The molecule has 142 valence electrons. The first-order chi connectivity index (χ1) is 13.7. The molecule has 7 nitrogen and oxygen atoms in total. The number of hydrogen-bond donors (Lipinski definition) is 2. The normalized spacial score (nSPS) is 12.2. The number of carbonyl (C=O) groups excluding carboxylic acids is 1. The maximum atomic E-state index is 12.4. The summed E-state index contributed by atoms with van der Waals surface area (Å²) >= 11 is 0. The number of hydrogen-bond acceptors (Lipinski definition) is 6. The lowest BCUT2D eigenvalue weighted by molar-refractivity contribution is 0.102. The molecule has 1 amide bonds. The molecule has 4 rings (SSSR count). The van der Waals surface area contributed by atoms with Crippen LogP contribution in [-0.2, 0) is 0 Å². The summed E-state index contributed by atoms with van der Waals surface area (Å²) in [6.07, 6.45) is 1.61. The van der Waals surface area contributed by atoms with Gasteiger partial charge in [-0.15, -0.1) is 0 Å². The Morgan fingerprint density at radius 1 is 0.929 bits per heavy atom. The first kappa shape index (κ1) is 17.7. The number of nitrogens with zero attached hydrogens (tertiary/aromatic N) is 1. The van der Waals surface area contributed by atoms with Crippen molar-refractivity contribution < 1.29 is 19.0 Å². The minimum absolute atomic E-state index is 0.298. The zero-order valence-corrected chi connectivity index (χ0v) is 15.3. The summed E-state index contributed by atoms with van der Waals surface area (Å²) < 4.78 is 16.2. The number of ether oxygens (including phenoxy) is 3. The van der Waals surface area contributed by atoms with Gasteiger partial charge < -0.3 is 24.8 Å². The van der Waals surface area contributed by atoms with E-state index in [0.29, 0.717) is 36.1 Å². The summed E-state index contributed by atoms with van der Waals surface area (Å²) in [5.74, 6) is 1.79. The molecule has 3 aromatic rings. The molecule has 7 heteroatoms. The van der Waals surface area contributed by atoms with Gasteiger partial charge in [0.1, 0.15) is 24.7 Å². The van der Waals surface area contributed by atoms with E-state index in [1.165, 1.54) is 0 Å². The van der Waals surface area contributed by atoms with Gasteiger partial charge in [-0.2, -0.15) is 0 Å². The van der Waals surface area contributed by atoms with Crippen molar-refractivity contribution in [1.82, 2.24) is 4.98 Å². The number of amides is 1. The largest absolute Gasteiger partial charge is 0.497 e. The maximum absolute atomic E-state index is 12.4. The van der Waals surface area contributed by atoms with Gasteiger partial charge in [0.25, 0.3) is 5.91 Å². The van der Waals surface area contributed by atoms with Gasteiger partial charge >= 0.3 is 0 Å². The minimum atomic E-state index is -0.298. The lowest BCUT2D eigenvalue weighted by Gasteiger charge is -2.19. The molecule has 1 aliphatic rings. The zero-order chi connectivity index (χ0) is 19.3. The molecule has 0 saturated carbocycles. The molecule has 0 radical (unpaired) electrons. The van der Waals surface area contributed by atoms with Crippen LogP contribution in [-0.4, -0.2) is 31.2 Å². The van der Waals surface area contributed by atoms with Crippen LogP contribution in [0.2, 0.25) is 0 Å². The number of carbonyl (C=O) groups is 1. The Labute approximate surface area is 162 Å². The third-order valence-electron chi connectivity index (χ3n) is 4.17. The van der Waals surface area contributed by atoms with Gasteiger partial charge in [-0.25, -0.2) is 4.98 Å². The SMILES string of the molecule is COc1ccc(Nc2ccc(C(=O)Nc3ccc4c(c3)OCCO4)nc2)cc1. The lowest BCUT2D eigenvalue weighted by Crippen LogP contribution is -2.17. The number of fused-ring (bicyclic) bond motifs is 1. The standard InChI is InChI=1S/C21H19N3O4/c1-26-17-6-2-14(3-7-17)23-16-4-8-18(22-13-16)21(25)24-15-5-9-19-20(12-15)28-11-10-27-19/h2-9,12-13,23H,10-11H2,1H3,(H,24,25). The van der Waals surface area contributed by atoms with Crippen molar-refractivity contribution in [3.05, 3.63) is 66.5 Å². The molecule has 0 spiro atoms. The number of aromatic nitrogens is 1. The van der Waals surface area contributed by atoms with Crippen molar-refractivity contribution in [3.63, 3.8) is 0 Å².